The molecule has 4 rings (SSSR count). The predicted molar refractivity (Wildman–Crippen MR) is 105 cm³/mol. The Balaban J connectivity index is 1.63. The molecular weight excluding hydrogens is 388 g/mol. The van der Waals surface area contributed by atoms with Gasteiger partial charge in [-0.3, -0.25) is 4.79 Å². The Kier molecular flexibility index (Phi) is 5.18. The van der Waals surface area contributed by atoms with Crippen molar-refractivity contribution in [3.8, 4) is 11.3 Å². The standard InChI is InChI=1S/C19H15F2N3OS2/c20-18(21)27-16-8-4-2-6-13(16)17(25)22-14-7-3-1-5-12(14)15-11-24-9-10-26-19(24)23-15/h1-8,11,18H,9-10H2,(H,22,25). The second-order valence-corrected chi connectivity index (χ2v) is 7.92. The fourth-order valence-corrected chi connectivity index (χ4v) is 4.48. The number of rotatable bonds is 5. The average molecular weight is 403 g/mol. The number of anilines is 1. The number of imidazole rings is 1. The van der Waals surface area contributed by atoms with Crippen molar-refractivity contribution in [2.45, 2.75) is 22.4 Å². The molecule has 27 heavy (non-hydrogen) atoms. The number of fused-ring (bicyclic) bond motifs is 1. The third-order valence-electron chi connectivity index (χ3n) is 4.10. The largest absolute Gasteiger partial charge is 0.325 e. The number of benzene rings is 2. The number of thioether (sulfide) groups is 2. The quantitative estimate of drug-likeness (QED) is 0.593. The van der Waals surface area contributed by atoms with E-state index < -0.39 is 11.7 Å². The first-order valence-corrected chi connectivity index (χ1v) is 10.1. The third kappa shape index (κ3) is 3.86. The number of hydrogen-bond acceptors (Lipinski definition) is 4. The van der Waals surface area contributed by atoms with Crippen LogP contribution in [0.4, 0.5) is 14.5 Å². The van der Waals surface area contributed by atoms with E-state index in [1.54, 1.807) is 36.0 Å². The highest BCUT2D eigenvalue weighted by Gasteiger charge is 2.19. The number of halogens is 2. The van der Waals surface area contributed by atoms with Crippen molar-refractivity contribution in [1.82, 2.24) is 9.55 Å². The smallest absolute Gasteiger partial charge is 0.288 e. The van der Waals surface area contributed by atoms with Gasteiger partial charge in [-0.25, -0.2) is 4.98 Å². The van der Waals surface area contributed by atoms with Gasteiger partial charge in [0.15, 0.2) is 5.16 Å². The Morgan fingerprint density at radius 3 is 2.78 bits per heavy atom. The van der Waals surface area contributed by atoms with Crippen LogP contribution in [0.2, 0.25) is 0 Å². The summed E-state index contributed by atoms with van der Waals surface area (Å²) in [5, 5.41) is 3.81. The number of alkyl halides is 2. The Morgan fingerprint density at radius 1 is 1.19 bits per heavy atom. The highest BCUT2D eigenvalue weighted by molar-refractivity contribution is 7.99. The van der Waals surface area contributed by atoms with Crippen LogP contribution in [0.3, 0.4) is 0 Å². The molecule has 0 saturated heterocycles. The Hall–Kier alpha value is -2.32. The number of para-hydroxylation sites is 1. The summed E-state index contributed by atoms with van der Waals surface area (Å²) in [5.41, 5.74) is 2.40. The second kappa shape index (κ2) is 7.74. The predicted octanol–water partition coefficient (Wildman–Crippen LogP) is 5.22. The van der Waals surface area contributed by atoms with Crippen LogP contribution in [-0.4, -0.2) is 27.0 Å². The van der Waals surface area contributed by atoms with Crippen LogP contribution in [0.5, 0.6) is 0 Å². The molecule has 1 amide bonds. The lowest BCUT2D eigenvalue weighted by molar-refractivity contribution is 0.102. The maximum absolute atomic E-state index is 12.8. The molecule has 8 heteroatoms. The lowest BCUT2D eigenvalue weighted by atomic mass is 10.1. The van der Waals surface area contributed by atoms with Crippen molar-refractivity contribution in [3.05, 3.63) is 60.3 Å². The van der Waals surface area contributed by atoms with Crippen LogP contribution in [0.15, 0.2) is 64.8 Å². The number of aryl methyl sites for hydroxylation is 1. The van der Waals surface area contributed by atoms with E-state index in [1.165, 1.54) is 6.07 Å². The van der Waals surface area contributed by atoms with Gasteiger partial charge in [0, 0.05) is 29.0 Å². The molecule has 0 fully saturated rings. The lowest BCUT2D eigenvalue weighted by Gasteiger charge is -2.12. The number of carbonyl (C=O) groups excluding carboxylic acids is 1. The van der Waals surface area contributed by atoms with Crippen molar-refractivity contribution in [2.75, 3.05) is 11.1 Å². The minimum atomic E-state index is -2.59. The normalized spacial score (nSPS) is 13.0. The molecule has 1 aromatic heterocycles. The Bertz CT molecular complexity index is 969. The van der Waals surface area contributed by atoms with Gasteiger partial charge in [0.25, 0.3) is 11.7 Å². The van der Waals surface area contributed by atoms with Crippen LogP contribution in [-0.2, 0) is 6.54 Å². The molecule has 4 nitrogen and oxygen atoms in total. The monoisotopic (exact) mass is 403 g/mol. The van der Waals surface area contributed by atoms with Crippen LogP contribution < -0.4 is 5.32 Å². The first-order chi connectivity index (χ1) is 13.1. The summed E-state index contributed by atoms with van der Waals surface area (Å²) in [4.78, 5) is 17.6. The SMILES string of the molecule is O=C(Nc1ccccc1-c1cn2c(n1)SCC2)c1ccccc1SC(F)F. The molecule has 0 unspecified atom stereocenters. The summed E-state index contributed by atoms with van der Waals surface area (Å²) in [7, 11) is 0. The maximum atomic E-state index is 12.8. The number of aromatic nitrogens is 2. The molecular formula is C19H15F2N3OS2. The Labute approximate surface area is 163 Å². The first-order valence-electron chi connectivity index (χ1n) is 8.26. The fraction of sp³-hybridized carbons (Fsp3) is 0.158. The summed E-state index contributed by atoms with van der Waals surface area (Å²) >= 11 is 2.07. The van der Waals surface area contributed by atoms with Gasteiger partial charge in [0.1, 0.15) is 0 Å². The van der Waals surface area contributed by atoms with Crippen LogP contribution >= 0.6 is 23.5 Å². The second-order valence-electron chi connectivity index (χ2n) is 5.82. The minimum absolute atomic E-state index is 0.223. The summed E-state index contributed by atoms with van der Waals surface area (Å²) in [6.07, 6.45) is 1.97. The van der Waals surface area contributed by atoms with Crippen molar-refractivity contribution in [1.29, 1.82) is 0 Å². The number of carbonyl (C=O) groups is 1. The minimum Gasteiger partial charge on any atom is -0.325 e. The highest BCUT2D eigenvalue weighted by Crippen LogP contribution is 2.33. The van der Waals surface area contributed by atoms with E-state index in [0.29, 0.717) is 17.4 Å². The molecule has 1 N–H and O–H groups in total. The van der Waals surface area contributed by atoms with E-state index in [2.05, 4.69) is 14.9 Å². The molecule has 0 aliphatic carbocycles. The van der Waals surface area contributed by atoms with Crippen LogP contribution in [0, 0.1) is 0 Å². The van der Waals surface area contributed by atoms with E-state index in [9.17, 15) is 13.6 Å². The van der Waals surface area contributed by atoms with Crippen molar-refractivity contribution < 1.29 is 13.6 Å². The molecule has 2 heterocycles. The van der Waals surface area contributed by atoms with Crippen molar-refractivity contribution in [3.63, 3.8) is 0 Å². The van der Waals surface area contributed by atoms with E-state index in [1.807, 2.05) is 24.4 Å². The number of amides is 1. The highest BCUT2D eigenvalue weighted by atomic mass is 32.2. The van der Waals surface area contributed by atoms with Crippen LogP contribution in [0.1, 0.15) is 10.4 Å². The number of nitrogens with one attached hydrogen (secondary N) is 1. The van der Waals surface area contributed by atoms with Crippen LogP contribution in [0.25, 0.3) is 11.3 Å². The summed E-state index contributed by atoms with van der Waals surface area (Å²) in [5.74, 6) is -2.00. The zero-order valence-electron chi connectivity index (χ0n) is 14.1. The third-order valence-corrected chi connectivity index (χ3v) is 5.86. The number of nitrogens with zero attached hydrogens (tertiary/aromatic N) is 2. The Morgan fingerprint density at radius 2 is 1.96 bits per heavy atom. The maximum Gasteiger partial charge on any atom is 0.288 e. The lowest BCUT2D eigenvalue weighted by Crippen LogP contribution is -2.14. The molecule has 2 aromatic carbocycles. The molecule has 3 aromatic rings. The zero-order chi connectivity index (χ0) is 18.8. The first kappa shape index (κ1) is 18.1. The zero-order valence-corrected chi connectivity index (χ0v) is 15.7. The van der Waals surface area contributed by atoms with Gasteiger partial charge in [-0.1, -0.05) is 53.9 Å². The molecule has 1 aliphatic heterocycles. The van der Waals surface area contributed by atoms with Gasteiger partial charge in [-0.05, 0) is 18.2 Å². The fourth-order valence-electron chi connectivity index (χ4n) is 2.90. The molecule has 0 bridgehead atoms. The molecule has 0 atom stereocenters. The summed E-state index contributed by atoms with van der Waals surface area (Å²) in [6, 6.07) is 13.7. The van der Waals surface area contributed by atoms with E-state index >= 15 is 0 Å². The molecule has 0 saturated carbocycles. The van der Waals surface area contributed by atoms with Gasteiger partial charge in [-0.15, -0.1) is 0 Å². The van der Waals surface area contributed by atoms with Gasteiger partial charge in [0.05, 0.1) is 16.9 Å². The van der Waals surface area contributed by atoms with E-state index in [4.69, 9.17) is 0 Å². The summed E-state index contributed by atoms with van der Waals surface area (Å²) < 4.78 is 27.6. The molecule has 0 radical (unpaired) electrons. The summed E-state index contributed by atoms with van der Waals surface area (Å²) in [6.45, 7) is 0.916. The number of hydrogen-bond donors (Lipinski definition) is 1. The molecule has 138 valence electrons. The molecule has 0 spiro atoms. The topological polar surface area (TPSA) is 46.9 Å². The van der Waals surface area contributed by atoms with Gasteiger partial charge in [0.2, 0.25) is 0 Å². The average Bonchev–Trinajstić information content (AvgIpc) is 3.24. The van der Waals surface area contributed by atoms with E-state index in [0.717, 1.165) is 28.7 Å². The molecule has 1 aliphatic rings. The van der Waals surface area contributed by atoms with Crippen molar-refractivity contribution >= 4 is 35.1 Å². The van der Waals surface area contributed by atoms with Gasteiger partial charge in [-0.2, -0.15) is 8.78 Å². The van der Waals surface area contributed by atoms with E-state index in [-0.39, 0.29) is 10.5 Å². The van der Waals surface area contributed by atoms with Gasteiger partial charge >= 0.3 is 0 Å². The van der Waals surface area contributed by atoms with Gasteiger partial charge < -0.3 is 9.88 Å². The van der Waals surface area contributed by atoms with Crippen molar-refractivity contribution in [2.24, 2.45) is 0 Å².